The van der Waals surface area contributed by atoms with Gasteiger partial charge in [-0.15, -0.1) is 0 Å². The van der Waals surface area contributed by atoms with Crippen molar-refractivity contribution in [2.45, 2.75) is 25.7 Å². The first-order valence-corrected chi connectivity index (χ1v) is 9.87. The Bertz CT molecular complexity index is 863. The predicted molar refractivity (Wildman–Crippen MR) is 110 cm³/mol. The van der Waals surface area contributed by atoms with Crippen LogP contribution in [0.25, 0.3) is 0 Å². The number of carbonyl (C=O) groups excluding carboxylic acids is 2. The van der Waals surface area contributed by atoms with Gasteiger partial charge in [-0.2, -0.15) is 0 Å². The fraction of sp³-hybridized carbons (Fsp3) is 0.409. The summed E-state index contributed by atoms with van der Waals surface area (Å²) in [5.41, 5.74) is 1.78. The number of hydrogen-bond acceptors (Lipinski definition) is 5. The number of ether oxygens (including phenoxy) is 2. The van der Waals surface area contributed by atoms with E-state index in [9.17, 15) is 9.59 Å². The first-order chi connectivity index (χ1) is 14.1. The maximum absolute atomic E-state index is 12.6. The molecule has 0 saturated carbocycles. The van der Waals surface area contributed by atoms with Crippen molar-refractivity contribution in [2.75, 3.05) is 33.9 Å². The zero-order chi connectivity index (χ0) is 20.6. The molecule has 0 spiro atoms. The number of carbonyl (C=O) groups is 2. The monoisotopic (exact) mass is 397 g/mol. The highest BCUT2D eigenvalue weighted by Gasteiger charge is 2.20. The maximum atomic E-state index is 12.6. The van der Waals surface area contributed by atoms with Gasteiger partial charge in [-0.25, -0.2) is 0 Å². The molecular formula is C22H27N3O4. The Morgan fingerprint density at radius 2 is 1.79 bits per heavy atom. The van der Waals surface area contributed by atoms with Crippen LogP contribution < -0.4 is 14.8 Å². The number of piperidine rings is 1. The Morgan fingerprint density at radius 1 is 1.03 bits per heavy atom. The highest BCUT2D eigenvalue weighted by molar-refractivity contribution is 5.98. The van der Waals surface area contributed by atoms with Crippen molar-refractivity contribution in [2.24, 2.45) is 0 Å². The molecule has 7 nitrogen and oxygen atoms in total. The van der Waals surface area contributed by atoms with Crippen molar-refractivity contribution in [1.29, 1.82) is 0 Å². The third kappa shape index (κ3) is 5.25. The summed E-state index contributed by atoms with van der Waals surface area (Å²) in [4.78, 5) is 31.1. The molecule has 0 radical (unpaired) electrons. The van der Waals surface area contributed by atoms with Gasteiger partial charge in [0.05, 0.1) is 14.2 Å². The summed E-state index contributed by atoms with van der Waals surface area (Å²) < 4.78 is 10.5. The van der Waals surface area contributed by atoms with Gasteiger partial charge in [0, 0.05) is 31.4 Å². The van der Waals surface area contributed by atoms with E-state index in [4.69, 9.17) is 9.47 Å². The molecule has 1 aromatic carbocycles. The summed E-state index contributed by atoms with van der Waals surface area (Å²) in [6, 6.07) is 8.88. The Balaban J connectivity index is 1.57. The number of nitrogens with zero attached hydrogens (tertiary/aromatic N) is 2. The SMILES string of the molecule is COc1ccc(CCNC(=O)c2ccnc(C(=O)N3CCCCC3)c2)cc1OC. The highest BCUT2D eigenvalue weighted by atomic mass is 16.5. The van der Waals surface area contributed by atoms with Gasteiger partial charge in [0.15, 0.2) is 11.5 Å². The molecule has 2 aromatic rings. The van der Waals surface area contributed by atoms with Crippen LogP contribution in [0.3, 0.4) is 0 Å². The first kappa shape index (κ1) is 20.6. The van der Waals surface area contributed by atoms with Crippen LogP contribution >= 0.6 is 0 Å². The summed E-state index contributed by atoms with van der Waals surface area (Å²) in [6.45, 7) is 1.97. The topological polar surface area (TPSA) is 80.8 Å². The Labute approximate surface area is 171 Å². The lowest BCUT2D eigenvalue weighted by Gasteiger charge is -2.26. The second kappa shape index (κ2) is 9.91. The van der Waals surface area contributed by atoms with E-state index in [-0.39, 0.29) is 11.8 Å². The lowest BCUT2D eigenvalue weighted by Crippen LogP contribution is -2.36. The number of nitrogens with one attached hydrogen (secondary N) is 1. The molecule has 7 heteroatoms. The molecule has 0 atom stereocenters. The lowest BCUT2D eigenvalue weighted by atomic mass is 10.1. The lowest BCUT2D eigenvalue weighted by molar-refractivity contribution is 0.0718. The summed E-state index contributed by atoms with van der Waals surface area (Å²) >= 11 is 0. The van der Waals surface area contributed by atoms with Crippen molar-refractivity contribution in [3.63, 3.8) is 0 Å². The van der Waals surface area contributed by atoms with Crippen LogP contribution in [0.15, 0.2) is 36.5 Å². The summed E-state index contributed by atoms with van der Waals surface area (Å²) in [7, 11) is 3.19. The van der Waals surface area contributed by atoms with Crippen LogP contribution in [0.1, 0.15) is 45.7 Å². The molecule has 1 aliphatic heterocycles. The number of benzene rings is 1. The Hall–Kier alpha value is -3.09. The Morgan fingerprint density at radius 3 is 2.52 bits per heavy atom. The molecule has 1 saturated heterocycles. The van der Waals surface area contributed by atoms with Gasteiger partial charge in [-0.1, -0.05) is 6.07 Å². The maximum Gasteiger partial charge on any atom is 0.272 e. The van der Waals surface area contributed by atoms with Crippen LogP contribution in [-0.2, 0) is 6.42 Å². The molecule has 154 valence electrons. The molecule has 1 aliphatic rings. The van der Waals surface area contributed by atoms with E-state index < -0.39 is 0 Å². The molecule has 1 fully saturated rings. The van der Waals surface area contributed by atoms with E-state index in [0.717, 1.165) is 37.9 Å². The molecular weight excluding hydrogens is 370 g/mol. The van der Waals surface area contributed by atoms with E-state index >= 15 is 0 Å². The molecule has 0 unspecified atom stereocenters. The van der Waals surface area contributed by atoms with E-state index in [2.05, 4.69) is 10.3 Å². The number of aromatic nitrogens is 1. The average molecular weight is 397 g/mol. The largest absolute Gasteiger partial charge is 0.493 e. The molecule has 0 bridgehead atoms. The van der Waals surface area contributed by atoms with Gasteiger partial charge < -0.3 is 19.7 Å². The third-order valence-corrected chi connectivity index (χ3v) is 5.03. The molecule has 3 rings (SSSR count). The van der Waals surface area contributed by atoms with Crippen molar-refractivity contribution in [3.05, 3.63) is 53.3 Å². The van der Waals surface area contributed by atoms with E-state index in [0.29, 0.717) is 35.7 Å². The minimum Gasteiger partial charge on any atom is -0.493 e. The van der Waals surface area contributed by atoms with E-state index in [1.165, 1.54) is 6.20 Å². The standard InChI is InChI=1S/C22H27N3O4/c1-28-19-7-6-16(14-20(19)29-2)8-10-24-21(26)17-9-11-23-18(15-17)22(27)25-12-4-3-5-13-25/h6-7,9,11,14-15H,3-5,8,10,12-13H2,1-2H3,(H,24,26). The van der Waals surface area contributed by atoms with Crippen molar-refractivity contribution < 1.29 is 19.1 Å². The fourth-order valence-corrected chi connectivity index (χ4v) is 3.41. The molecule has 2 amide bonds. The van der Waals surface area contributed by atoms with Gasteiger partial charge >= 0.3 is 0 Å². The van der Waals surface area contributed by atoms with Crippen LogP contribution in [0, 0.1) is 0 Å². The summed E-state index contributed by atoms with van der Waals surface area (Å²) in [5, 5.41) is 2.90. The number of pyridine rings is 1. The van der Waals surface area contributed by atoms with Gasteiger partial charge in [0.25, 0.3) is 11.8 Å². The number of likely N-dealkylation sites (tertiary alicyclic amines) is 1. The van der Waals surface area contributed by atoms with Gasteiger partial charge in [-0.3, -0.25) is 14.6 Å². The van der Waals surface area contributed by atoms with Crippen LogP contribution in [-0.4, -0.2) is 55.6 Å². The molecule has 1 aromatic heterocycles. The van der Waals surface area contributed by atoms with E-state index in [1.54, 1.807) is 26.4 Å². The minimum atomic E-state index is -0.222. The normalized spacial score (nSPS) is 13.7. The summed E-state index contributed by atoms with van der Waals surface area (Å²) in [5.74, 6) is 1.000. The van der Waals surface area contributed by atoms with Crippen molar-refractivity contribution in [3.8, 4) is 11.5 Å². The van der Waals surface area contributed by atoms with Crippen LogP contribution in [0.4, 0.5) is 0 Å². The van der Waals surface area contributed by atoms with Crippen LogP contribution in [0.5, 0.6) is 11.5 Å². The van der Waals surface area contributed by atoms with Crippen LogP contribution in [0.2, 0.25) is 0 Å². The number of methoxy groups -OCH3 is 2. The number of rotatable bonds is 7. The second-order valence-corrected chi connectivity index (χ2v) is 6.98. The van der Waals surface area contributed by atoms with Gasteiger partial charge in [0.1, 0.15) is 5.69 Å². The molecule has 2 heterocycles. The number of amides is 2. The average Bonchev–Trinajstić information content (AvgIpc) is 2.79. The summed E-state index contributed by atoms with van der Waals surface area (Å²) in [6.07, 6.45) is 5.35. The molecule has 1 N–H and O–H groups in total. The predicted octanol–water partition coefficient (Wildman–Crippen LogP) is 2.70. The zero-order valence-corrected chi connectivity index (χ0v) is 16.9. The molecule has 0 aliphatic carbocycles. The first-order valence-electron chi connectivity index (χ1n) is 9.87. The van der Waals surface area contributed by atoms with Crippen molar-refractivity contribution >= 4 is 11.8 Å². The smallest absolute Gasteiger partial charge is 0.272 e. The van der Waals surface area contributed by atoms with Crippen molar-refractivity contribution in [1.82, 2.24) is 15.2 Å². The fourth-order valence-electron chi connectivity index (χ4n) is 3.41. The van der Waals surface area contributed by atoms with Gasteiger partial charge in [-0.05, 0) is 55.5 Å². The third-order valence-electron chi connectivity index (χ3n) is 5.03. The zero-order valence-electron chi connectivity index (χ0n) is 16.9. The Kier molecular flexibility index (Phi) is 7.05. The highest BCUT2D eigenvalue weighted by Crippen LogP contribution is 2.27. The second-order valence-electron chi connectivity index (χ2n) is 6.98. The number of hydrogen-bond donors (Lipinski definition) is 1. The van der Waals surface area contributed by atoms with E-state index in [1.807, 2.05) is 23.1 Å². The quantitative estimate of drug-likeness (QED) is 0.777. The minimum absolute atomic E-state index is 0.107. The van der Waals surface area contributed by atoms with Gasteiger partial charge in [0.2, 0.25) is 0 Å². The molecule has 29 heavy (non-hydrogen) atoms.